The van der Waals surface area contributed by atoms with E-state index in [-0.39, 0.29) is 0 Å². The molecular weight excluding hydrogens is 379 g/mol. The van der Waals surface area contributed by atoms with Crippen molar-refractivity contribution in [1.82, 2.24) is 0 Å². The van der Waals surface area contributed by atoms with Crippen LogP contribution in [0.4, 0.5) is 0 Å². The van der Waals surface area contributed by atoms with Crippen molar-refractivity contribution in [2.45, 2.75) is 78.1 Å². The molecule has 0 fully saturated rings. The van der Waals surface area contributed by atoms with E-state index in [0.717, 1.165) is 12.3 Å². The summed E-state index contributed by atoms with van der Waals surface area (Å²) in [6.07, 6.45) is 15.3. The predicted molar refractivity (Wildman–Crippen MR) is 132 cm³/mol. The fraction of sp³-hybridized carbons (Fsp3) is 0.538. The van der Waals surface area contributed by atoms with Gasteiger partial charge >= 0.3 is 179 Å². The van der Waals surface area contributed by atoms with Crippen LogP contribution in [0.1, 0.15) is 78.1 Å². The van der Waals surface area contributed by atoms with Gasteiger partial charge in [0.15, 0.2) is 0 Å². The predicted octanol–water partition coefficient (Wildman–Crippen LogP) is 8.29. The first-order valence-electron chi connectivity index (χ1n) is 11.5. The SMILES string of the molecule is CCCCCCCP(Cl)(CCCCCCC)(c1ccccc1)c1ccccc1. The summed E-state index contributed by atoms with van der Waals surface area (Å²) in [5, 5.41) is 2.79. The van der Waals surface area contributed by atoms with Crippen molar-refractivity contribution in [2.24, 2.45) is 0 Å². The van der Waals surface area contributed by atoms with Crippen LogP contribution in [0.2, 0.25) is 0 Å². The molecule has 0 spiro atoms. The van der Waals surface area contributed by atoms with Gasteiger partial charge in [0.05, 0.1) is 0 Å². The third kappa shape index (κ3) is 6.08. The van der Waals surface area contributed by atoms with Crippen molar-refractivity contribution in [3.05, 3.63) is 60.7 Å². The van der Waals surface area contributed by atoms with E-state index in [4.69, 9.17) is 11.2 Å². The van der Waals surface area contributed by atoms with Crippen molar-refractivity contribution in [2.75, 3.05) is 12.3 Å². The Morgan fingerprint density at radius 1 is 0.536 bits per heavy atom. The van der Waals surface area contributed by atoms with Gasteiger partial charge in [-0.05, 0) is 0 Å². The third-order valence-electron chi connectivity index (χ3n) is 6.15. The van der Waals surface area contributed by atoms with Gasteiger partial charge in [0.1, 0.15) is 0 Å². The molecule has 0 unspecified atom stereocenters. The Kier molecular flexibility index (Phi) is 10.0. The number of benzene rings is 2. The van der Waals surface area contributed by atoms with Crippen LogP contribution in [0.5, 0.6) is 0 Å². The minimum atomic E-state index is -2.70. The zero-order valence-electron chi connectivity index (χ0n) is 18.1. The van der Waals surface area contributed by atoms with Gasteiger partial charge in [0.25, 0.3) is 0 Å². The van der Waals surface area contributed by atoms with Crippen LogP contribution in [-0.4, -0.2) is 12.3 Å². The summed E-state index contributed by atoms with van der Waals surface area (Å²) in [7, 11) is 0. The molecule has 2 rings (SSSR count). The minimum absolute atomic E-state index is 1.14. The van der Waals surface area contributed by atoms with E-state index >= 15 is 0 Å². The summed E-state index contributed by atoms with van der Waals surface area (Å²) in [5.41, 5.74) is 0. The topological polar surface area (TPSA) is 0 Å². The van der Waals surface area contributed by atoms with E-state index < -0.39 is 5.96 Å². The van der Waals surface area contributed by atoms with Gasteiger partial charge in [-0.3, -0.25) is 0 Å². The molecule has 2 aromatic carbocycles. The second-order valence-electron chi connectivity index (χ2n) is 8.32. The fourth-order valence-corrected chi connectivity index (χ4v) is 10.8. The van der Waals surface area contributed by atoms with Gasteiger partial charge in [0, 0.05) is 0 Å². The molecule has 0 N–H and O–H groups in total. The molecule has 0 radical (unpaired) electrons. The van der Waals surface area contributed by atoms with Crippen molar-refractivity contribution >= 4 is 27.8 Å². The number of rotatable bonds is 14. The summed E-state index contributed by atoms with van der Waals surface area (Å²) >= 11 is 8.00. The Bertz CT molecular complexity index is 595. The quantitative estimate of drug-likeness (QED) is 0.214. The third-order valence-corrected chi connectivity index (χ3v) is 13.8. The average molecular weight is 419 g/mol. The molecule has 0 aliphatic heterocycles. The van der Waals surface area contributed by atoms with Gasteiger partial charge in [0.2, 0.25) is 0 Å². The van der Waals surface area contributed by atoms with Crippen molar-refractivity contribution < 1.29 is 0 Å². The standard InChI is InChI=1S/C26H40ClP/c1-3-5-7-9-17-23-28(27,24-18-10-8-6-4-2,25-19-13-11-14-20-25)26-21-15-12-16-22-26/h11-16,19-22H,3-10,17-18,23-24H2,1-2H3. The summed E-state index contributed by atoms with van der Waals surface area (Å²) < 4.78 is 0. The first-order valence-corrected chi connectivity index (χ1v) is 15.0. The van der Waals surface area contributed by atoms with E-state index in [0.29, 0.717) is 0 Å². The fourth-order valence-electron chi connectivity index (χ4n) is 4.41. The molecule has 0 aromatic heterocycles. The molecule has 0 atom stereocenters. The van der Waals surface area contributed by atoms with Crippen LogP contribution in [0.3, 0.4) is 0 Å². The van der Waals surface area contributed by atoms with Gasteiger partial charge in [-0.15, -0.1) is 0 Å². The molecule has 0 heterocycles. The number of halogens is 1. The van der Waals surface area contributed by atoms with Crippen molar-refractivity contribution in [3.63, 3.8) is 0 Å². The van der Waals surface area contributed by atoms with Gasteiger partial charge in [-0.2, -0.15) is 0 Å². The molecule has 28 heavy (non-hydrogen) atoms. The Balaban J connectivity index is 2.34. The zero-order chi connectivity index (χ0) is 20.2. The van der Waals surface area contributed by atoms with E-state index in [2.05, 4.69) is 74.5 Å². The zero-order valence-corrected chi connectivity index (χ0v) is 19.7. The van der Waals surface area contributed by atoms with Gasteiger partial charge in [-0.1, -0.05) is 0 Å². The molecular formula is C26H40ClP. The normalized spacial score (nSPS) is 13.2. The number of unbranched alkanes of at least 4 members (excludes halogenated alkanes) is 8. The molecule has 0 bridgehead atoms. The molecule has 0 aliphatic carbocycles. The monoisotopic (exact) mass is 418 g/mol. The van der Waals surface area contributed by atoms with Gasteiger partial charge in [-0.25, -0.2) is 0 Å². The van der Waals surface area contributed by atoms with Gasteiger partial charge < -0.3 is 0 Å². The summed E-state index contributed by atoms with van der Waals surface area (Å²) in [5.74, 6) is -2.70. The van der Waals surface area contributed by atoms with Crippen LogP contribution in [0.25, 0.3) is 0 Å². The van der Waals surface area contributed by atoms with Crippen LogP contribution < -0.4 is 10.6 Å². The van der Waals surface area contributed by atoms with E-state index in [9.17, 15) is 0 Å². The molecule has 0 saturated carbocycles. The molecule has 0 aliphatic rings. The molecule has 0 saturated heterocycles. The molecule has 0 nitrogen and oxygen atoms in total. The van der Waals surface area contributed by atoms with E-state index in [1.165, 1.54) is 74.8 Å². The van der Waals surface area contributed by atoms with Crippen molar-refractivity contribution in [1.29, 1.82) is 0 Å². The average Bonchev–Trinajstić information content (AvgIpc) is 2.75. The first kappa shape index (κ1) is 23.4. The summed E-state index contributed by atoms with van der Waals surface area (Å²) in [4.78, 5) is 0. The Labute approximate surface area is 178 Å². The Morgan fingerprint density at radius 3 is 1.25 bits per heavy atom. The second-order valence-corrected chi connectivity index (χ2v) is 15.5. The molecule has 2 aromatic rings. The molecule has 156 valence electrons. The summed E-state index contributed by atoms with van der Waals surface area (Å²) in [6, 6.07) is 22.2. The molecule has 2 heteroatoms. The van der Waals surface area contributed by atoms with Crippen molar-refractivity contribution in [3.8, 4) is 0 Å². The van der Waals surface area contributed by atoms with Crippen LogP contribution in [0.15, 0.2) is 60.7 Å². The van der Waals surface area contributed by atoms with Crippen LogP contribution in [-0.2, 0) is 0 Å². The number of hydrogen-bond acceptors (Lipinski definition) is 0. The van der Waals surface area contributed by atoms with Crippen LogP contribution >= 0.6 is 17.2 Å². The second kappa shape index (κ2) is 12.0. The maximum atomic E-state index is 8.00. The van der Waals surface area contributed by atoms with E-state index in [1.54, 1.807) is 0 Å². The first-order chi connectivity index (χ1) is 13.6. The van der Waals surface area contributed by atoms with Crippen LogP contribution in [0, 0.1) is 0 Å². The maximum absolute atomic E-state index is 8.00. The molecule has 0 amide bonds. The summed E-state index contributed by atoms with van der Waals surface area (Å²) in [6.45, 7) is 4.57. The Morgan fingerprint density at radius 2 is 0.893 bits per heavy atom. The number of hydrogen-bond donors (Lipinski definition) is 0. The van der Waals surface area contributed by atoms with E-state index in [1.807, 2.05) is 0 Å². The Hall–Kier alpha value is -0.840.